The fourth-order valence-electron chi connectivity index (χ4n) is 5.10. The summed E-state index contributed by atoms with van der Waals surface area (Å²) in [6.07, 6.45) is 3.45. The smallest absolute Gasteiger partial charge is 0.335 e. The van der Waals surface area contributed by atoms with Gasteiger partial charge in [0.25, 0.3) is 0 Å². The molecule has 0 radical (unpaired) electrons. The van der Waals surface area contributed by atoms with Crippen molar-refractivity contribution in [3.8, 4) is 5.75 Å². The molecule has 0 spiro atoms. The number of rotatable bonds is 7. The van der Waals surface area contributed by atoms with Crippen LogP contribution in [0.1, 0.15) is 39.5 Å². The van der Waals surface area contributed by atoms with E-state index >= 15 is 0 Å². The normalized spacial score (nSPS) is 21.8. The number of aromatic nitrogens is 1. The summed E-state index contributed by atoms with van der Waals surface area (Å²) in [6.45, 7) is 7.46. The monoisotopic (exact) mass is 449 g/mol. The molecule has 5 rings (SSSR count). The molecule has 1 aromatic heterocycles. The summed E-state index contributed by atoms with van der Waals surface area (Å²) in [5.74, 6) is 0.00919. The number of fused-ring (bicyclic) bond motifs is 1. The molecule has 0 amide bonds. The van der Waals surface area contributed by atoms with Crippen LogP contribution in [0.5, 0.6) is 5.75 Å². The predicted octanol–water partition coefficient (Wildman–Crippen LogP) is 3.83. The number of nitrogens with zero attached hydrogens (tertiary/aromatic N) is 2. The Bertz CT molecular complexity index is 1140. The van der Waals surface area contributed by atoms with Crippen molar-refractivity contribution in [1.82, 2.24) is 14.8 Å². The van der Waals surface area contributed by atoms with E-state index in [0.29, 0.717) is 11.7 Å². The fourth-order valence-corrected chi connectivity index (χ4v) is 5.10. The van der Waals surface area contributed by atoms with Gasteiger partial charge in [-0.25, -0.2) is 4.79 Å². The second-order valence-electron chi connectivity index (χ2n) is 9.10. The van der Waals surface area contributed by atoms with Crippen molar-refractivity contribution >= 4 is 16.9 Å². The number of carboxylic acid groups (broad SMARTS) is 1. The van der Waals surface area contributed by atoms with E-state index in [0.717, 1.165) is 62.6 Å². The number of carbonyl (C=O) groups is 1. The molecule has 7 nitrogen and oxygen atoms in total. The van der Waals surface area contributed by atoms with Gasteiger partial charge in [0.1, 0.15) is 5.75 Å². The maximum atomic E-state index is 11.4. The van der Waals surface area contributed by atoms with Crippen LogP contribution in [0.3, 0.4) is 0 Å². The van der Waals surface area contributed by atoms with Crippen LogP contribution in [0, 0.1) is 6.92 Å². The van der Waals surface area contributed by atoms with Crippen LogP contribution in [0.15, 0.2) is 42.6 Å². The van der Waals surface area contributed by atoms with Crippen LogP contribution in [-0.4, -0.2) is 71.9 Å². The molecule has 2 aliphatic heterocycles. The van der Waals surface area contributed by atoms with Gasteiger partial charge in [-0.2, -0.15) is 0 Å². The number of nitrogens with one attached hydrogen (secondary N) is 1. The Morgan fingerprint density at radius 3 is 2.70 bits per heavy atom. The molecule has 2 N–H and O–H groups in total. The van der Waals surface area contributed by atoms with Crippen molar-refractivity contribution in [2.24, 2.45) is 0 Å². The van der Waals surface area contributed by atoms with Gasteiger partial charge in [-0.1, -0.05) is 12.1 Å². The van der Waals surface area contributed by atoms with Crippen molar-refractivity contribution in [1.29, 1.82) is 0 Å². The van der Waals surface area contributed by atoms with E-state index in [1.54, 1.807) is 19.2 Å². The van der Waals surface area contributed by atoms with Crippen LogP contribution in [-0.2, 0) is 11.3 Å². The third-order valence-corrected chi connectivity index (χ3v) is 7.07. The first kappa shape index (κ1) is 21.9. The van der Waals surface area contributed by atoms with Gasteiger partial charge in [0.2, 0.25) is 0 Å². The number of methoxy groups -OCH3 is 1. The quantitative estimate of drug-likeness (QED) is 0.571. The molecular weight excluding hydrogens is 418 g/mol. The van der Waals surface area contributed by atoms with Gasteiger partial charge >= 0.3 is 5.97 Å². The predicted molar refractivity (Wildman–Crippen MR) is 127 cm³/mol. The van der Waals surface area contributed by atoms with Gasteiger partial charge in [0, 0.05) is 68.0 Å². The number of hydrogen-bond acceptors (Lipinski definition) is 5. The van der Waals surface area contributed by atoms with Crippen molar-refractivity contribution in [2.45, 2.75) is 32.0 Å². The number of carboxylic acids is 1. The van der Waals surface area contributed by atoms with Crippen LogP contribution >= 0.6 is 0 Å². The lowest BCUT2D eigenvalue weighted by atomic mass is 9.98. The third-order valence-electron chi connectivity index (χ3n) is 7.07. The van der Waals surface area contributed by atoms with Crippen LogP contribution < -0.4 is 4.74 Å². The standard InChI is InChI=1S/C26H31N3O4/c1-17-13-24(32-2)22(21-7-9-27-25(17)21)15-29-11-10-28(14-20-8-12-33-20)16-23(29)18-3-5-19(6-4-18)26(30)31/h3-7,9,13,20,23,27H,8,10-12,14-16H2,1-2H3,(H,30,31). The Balaban J connectivity index is 1.46. The molecule has 0 saturated carbocycles. The highest BCUT2D eigenvalue weighted by Gasteiger charge is 2.32. The zero-order valence-electron chi connectivity index (χ0n) is 19.2. The maximum absolute atomic E-state index is 11.4. The van der Waals surface area contributed by atoms with E-state index < -0.39 is 5.97 Å². The Morgan fingerprint density at radius 1 is 1.24 bits per heavy atom. The van der Waals surface area contributed by atoms with Crippen LogP contribution in [0.25, 0.3) is 10.9 Å². The molecule has 2 aliphatic rings. The van der Waals surface area contributed by atoms with E-state index in [-0.39, 0.29) is 6.04 Å². The zero-order chi connectivity index (χ0) is 22.9. The van der Waals surface area contributed by atoms with Gasteiger partial charge < -0.3 is 19.6 Å². The molecule has 2 fully saturated rings. The van der Waals surface area contributed by atoms with Crippen molar-refractivity contribution in [3.63, 3.8) is 0 Å². The Kier molecular flexibility index (Phi) is 6.10. The van der Waals surface area contributed by atoms with E-state index in [9.17, 15) is 9.90 Å². The molecule has 174 valence electrons. The number of aromatic amines is 1. The molecule has 3 aromatic rings. The molecule has 0 bridgehead atoms. The number of hydrogen-bond donors (Lipinski definition) is 2. The van der Waals surface area contributed by atoms with E-state index in [2.05, 4.69) is 33.8 Å². The molecule has 2 saturated heterocycles. The molecule has 2 unspecified atom stereocenters. The van der Waals surface area contributed by atoms with Gasteiger partial charge in [-0.05, 0) is 48.7 Å². The van der Waals surface area contributed by atoms with Gasteiger partial charge in [0.05, 0.1) is 18.8 Å². The number of ether oxygens (including phenoxy) is 2. The van der Waals surface area contributed by atoms with E-state index in [4.69, 9.17) is 9.47 Å². The molecule has 0 aliphatic carbocycles. The maximum Gasteiger partial charge on any atom is 0.335 e. The lowest BCUT2D eigenvalue weighted by molar-refractivity contribution is -0.0760. The summed E-state index contributed by atoms with van der Waals surface area (Å²) in [5.41, 5.74) is 4.95. The van der Waals surface area contributed by atoms with E-state index in [1.807, 2.05) is 18.3 Å². The summed E-state index contributed by atoms with van der Waals surface area (Å²) >= 11 is 0. The van der Waals surface area contributed by atoms with Crippen molar-refractivity contribution in [2.75, 3.05) is 39.9 Å². The topological polar surface area (TPSA) is 78.0 Å². The highest BCUT2D eigenvalue weighted by atomic mass is 16.5. The van der Waals surface area contributed by atoms with Crippen LogP contribution in [0.2, 0.25) is 0 Å². The van der Waals surface area contributed by atoms with Crippen LogP contribution in [0.4, 0.5) is 0 Å². The number of aryl methyl sites for hydroxylation is 1. The largest absolute Gasteiger partial charge is 0.496 e. The summed E-state index contributed by atoms with van der Waals surface area (Å²) in [7, 11) is 1.73. The van der Waals surface area contributed by atoms with Gasteiger partial charge in [0.15, 0.2) is 0 Å². The molecular formula is C26H31N3O4. The molecule has 3 heterocycles. The average molecular weight is 450 g/mol. The molecule has 2 aromatic carbocycles. The van der Waals surface area contributed by atoms with Crippen molar-refractivity contribution < 1.29 is 19.4 Å². The number of piperazine rings is 1. The first-order chi connectivity index (χ1) is 16.0. The van der Waals surface area contributed by atoms with Crippen molar-refractivity contribution in [3.05, 3.63) is 64.8 Å². The van der Waals surface area contributed by atoms with Gasteiger partial charge in [-0.15, -0.1) is 0 Å². The number of benzene rings is 2. The lowest BCUT2D eigenvalue weighted by Crippen LogP contribution is -2.51. The summed E-state index contributed by atoms with van der Waals surface area (Å²) in [4.78, 5) is 19.7. The SMILES string of the molecule is COc1cc(C)c2[nH]ccc2c1CN1CCN(CC2CCO2)CC1c1ccc(C(=O)O)cc1. The van der Waals surface area contributed by atoms with E-state index in [1.165, 1.54) is 16.5 Å². The molecule has 33 heavy (non-hydrogen) atoms. The summed E-state index contributed by atoms with van der Waals surface area (Å²) < 4.78 is 11.5. The molecule has 2 atom stereocenters. The highest BCUT2D eigenvalue weighted by Crippen LogP contribution is 2.35. The second-order valence-corrected chi connectivity index (χ2v) is 9.10. The minimum absolute atomic E-state index is 0.154. The Hall–Kier alpha value is -2.87. The third kappa shape index (κ3) is 4.36. The molecule has 7 heteroatoms. The minimum Gasteiger partial charge on any atom is -0.496 e. The first-order valence-corrected chi connectivity index (χ1v) is 11.6. The first-order valence-electron chi connectivity index (χ1n) is 11.6. The minimum atomic E-state index is -0.898. The highest BCUT2D eigenvalue weighted by molar-refractivity contribution is 5.88. The lowest BCUT2D eigenvalue weighted by Gasteiger charge is -2.44. The average Bonchev–Trinajstić information content (AvgIpc) is 3.29. The fraction of sp³-hybridized carbons (Fsp3) is 0.423. The van der Waals surface area contributed by atoms with Gasteiger partial charge in [-0.3, -0.25) is 9.80 Å². The summed E-state index contributed by atoms with van der Waals surface area (Å²) in [6, 6.07) is 11.7. The number of aromatic carboxylic acids is 1. The Morgan fingerprint density at radius 2 is 2.03 bits per heavy atom. The second kappa shape index (κ2) is 9.17. The number of H-pyrrole nitrogens is 1. The zero-order valence-corrected chi connectivity index (χ0v) is 19.2. The summed E-state index contributed by atoms with van der Waals surface area (Å²) in [5, 5.41) is 10.5. The Labute approximate surface area is 193 Å².